The van der Waals surface area contributed by atoms with Gasteiger partial charge in [0.25, 0.3) is 10.0 Å². The molecule has 2 aromatic rings. The first kappa shape index (κ1) is 11.6. The van der Waals surface area contributed by atoms with Gasteiger partial charge in [-0.2, -0.15) is 0 Å². The average Bonchev–Trinajstić information content (AvgIpc) is 2.30. The molecule has 0 aliphatic heterocycles. The summed E-state index contributed by atoms with van der Waals surface area (Å²) in [5, 5.41) is 0. The number of rotatable bonds is 3. The van der Waals surface area contributed by atoms with E-state index in [-0.39, 0.29) is 4.90 Å². The molecule has 0 bridgehead atoms. The minimum absolute atomic E-state index is 0.261. The van der Waals surface area contributed by atoms with E-state index in [2.05, 4.69) is 15.9 Å². The summed E-state index contributed by atoms with van der Waals surface area (Å²) in [7, 11) is -3.57. The van der Waals surface area contributed by atoms with Crippen LogP contribution < -0.4 is 4.72 Å². The Kier molecular flexibility index (Phi) is 3.10. The maximum atomic E-state index is 12.1. The molecular weight excluding hydrogens is 236 g/mol. The Hall–Kier alpha value is -1.88. The Bertz CT molecular complexity index is 609. The summed E-state index contributed by atoms with van der Waals surface area (Å²) in [6.07, 6.45) is 4.11. The minimum Gasteiger partial charge on any atom is -0.277 e. The van der Waals surface area contributed by atoms with Crippen LogP contribution in [-0.2, 0) is 10.0 Å². The summed E-state index contributed by atoms with van der Waals surface area (Å²) in [4.78, 5) is 3.99. The number of sulfonamides is 1. The second kappa shape index (κ2) is 4.55. The van der Waals surface area contributed by atoms with Gasteiger partial charge in [-0.25, -0.2) is 8.42 Å². The quantitative estimate of drug-likeness (QED) is 0.902. The van der Waals surface area contributed by atoms with Crippen LogP contribution >= 0.6 is 0 Å². The van der Waals surface area contributed by atoms with Gasteiger partial charge in [0.1, 0.15) is 6.20 Å². The molecule has 1 heterocycles. The number of aryl methyl sites for hydroxylation is 1. The first-order chi connectivity index (χ1) is 8.09. The summed E-state index contributed by atoms with van der Waals surface area (Å²) in [5.41, 5.74) is 1.03. The number of pyridine rings is 1. The summed E-state index contributed by atoms with van der Waals surface area (Å²) in [5.74, 6) is 0. The van der Waals surface area contributed by atoms with Gasteiger partial charge in [0.15, 0.2) is 0 Å². The third-order valence-corrected chi connectivity index (χ3v) is 3.76. The van der Waals surface area contributed by atoms with Gasteiger partial charge in [0.2, 0.25) is 0 Å². The molecule has 0 unspecified atom stereocenters. The Morgan fingerprint density at radius 2 is 1.94 bits per heavy atom. The van der Waals surface area contributed by atoms with Crippen molar-refractivity contribution >= 4 is 15.7 Å². The molecule has 4 nitrogen and oxygen atoms in total. The lowest BCUT2D eigenvalue weighted by atomic mass is 10.2. The fourth-order valence-electron chi connectivity index (χ4n) is 1.44. The van der Waals surface area contributed by atoms with Crippen molar-refractivity contribution in [3.8, 4) is 0 Å². The summed E-state index contributed by atoms with van der Waals surface area (Å²) < 4.78 is 26.6. The molecule has 0 aliphatic rings. The molecule has 2 rings (SSSR count). The van der Waals surface area contributed by atoms with E-state index in [1.54, 1.807) is 43.3 Å². The highest BCUT2D eigenvalue weighted by Gasteiger charge is 2.16. The normalized spacial score (nSPS) is 11.1. The van der Waals surface area contributed by atoms with E-state index in [4.69, 9.17) is 0 Å². The standard InChI is InChI=1S/C12H11N2O2S/c1-10-5-2-3-7-12(10)17(15,16)14-11-6-4-8-13-9-11/h2-8,14H,1H3. The SMILES string of the molecule is Cc1ccccc1S(=O)(=O)Nc1[c]nccc1. The zero-order valence-electron chi connectivity index (χ0n) is 9.21. The van der Waals surface area contributed by atoms with Crippen molar-refractivity contribution in [3.05, 3.63) is 54.4 Å². The van der Waals surface area contributed by atoms with E-state index in [1.807, 2.05) is 0 Å². The Morgan fingerprint density at radius 1 is 1.18 bits per heavy atom. The number of aromatic nitrogens is 1. The number of nitrogens with zero attached hydrogens (tertiary/aromatic N) is 1. The molecule has 5 heteroatoms. The topological polar surface area (TPSA) is 59.1 Å². The van der Waals surface area contributed by atoms with Crippen LogP contribution in [0.25, 0.3) is 0 Å². The Labute approximate surface area is 100 Å². The molecule has 17 heavy (non-hydrogen) atoms. The van der Waals surface area contributed by atoms with Gasteiger partial charge in [0.05, 0.1) is 10.6 Å². The van der Waals surface area contributed by atoms with E-state index in [9.17, 15) is 8.42 Å². The van der Waals surface area contributed by atoms with E-state index in [0.717, 1.165) is 0 Å². The fraction of sp³-hybridized carbons (Fsp3) is 0.0833. The number of hydrogen-bond acceptors (Lipinski definition) is 3. The van der Waals surface area contributed by atoms with Crippen LogP contribution in [0.15, 0.2) is 47.5 Å². The third-order valence-electron chi connectivity index (χ3n) is 2.24. The third kappa shape index (κ3) is 2.62. The Morgan fingerprint density at radius 3 is 2.59 bits per heavy atom. The molecule has 0 saturated carbocycles. The van der Waals surface area contributed by atoms with Crippen molar-refractivity contribution in [3.63, 3.8) is 0 Å². The summed E-state index contributed by atoms with van der Waals surface area (Å²) in [6.45, 7) is 1.75. The van der Waals surface area contributed by atoms with Crippen molar-refractivity contribution in [1.29, 1.82) is 0 Å². The van der Waals surface area contributed by atoms with Gasteiger partial charge < -0.3 is 0 Å². The molecule has 1 aromatic carbocycles. The highest BCUT2D eigenvalue weighted by Crippen LogP contribution is 2.17. The summed E-state index contributed by atoms with van der Waals surface area (Å²) >= 11 is 0. The van der Waals surface area contributed by atoms with Gasteiger partial charge in [-0.15, -0.1) is 0 Å². The Balaban J connectivity index is 2.36. The maximum Gasteiger partial charge on any atom is 0.262 e. The first-order valence-electron chi connectivity index (χ1n) is 5.01. The van der Waals surface area contributed by atoms with Gasteiger partial charge in [-0.3, -0.25) is 9.71 Å². The van der Waals surface area contributed by atoms with E-state index < -0.39 is 10.0 Å². The number of anilines is 1. The predicted molar refractivity (Wildman–Crippen MR) is 65.1 cm³/mol. The number of hydrogen-bond donors (Lipinski definition) is 1. The second-order valence-electron chi connectivity index (χ2n) is 3.53. The minimum atomic E-state index is -3.57. The van der Waals surface area contributed by atoms with Crippen LogP contribution in [0.1, 0.15) is 5.56 Å². The van der Waals surface area contributed by atoms with Crippen LogP contribution in [0.2, 0.25) is 0 Å². The lowest BCUT2D eigenvalue weighted by Crippen LogP contribution is -2.14. The van der Waals surface area contributed by atoms with E-state index in [1.165, 1.54) is 6.20 Å². The smallest absolute Gasteiger partial charge is 0.262 e. The summed E-state index contributed by atoms with van der Waals surface area (Å²) in [6, 6.07) is 10.0. The lowest BCUT2D eigenvalue weighted by molar-refractivity contribution is 0.600. The van der Waals surface area contributed by atoms with Crippen molar-refractivity contribution in [1.82, 2.24) is 4.98 Å². The molecule has 1 aromatic heterocycles. The number of nitrogens with one attached hydrogen (secondary N) is 1. The molecule has 0 spiro atoms. The highest BCUT2D eigenvalue weighted by atomic mass is 32.2. The van der Waals surface area contributed by atoms with Crippen molar-refractivity contribution in [2.45, 2.75) is 11.8 Å². The van der Waals surface area contributed by atoms with E-state index >= 15 is 0 Å². The fourth-order valence-corrected chi connectivity index (χ4v) is 2.70. The molecule has 0 fully saturated rings. The predicted octanol–water partition coefficient (Wildman–Crippen LogP) is 1.99. The molecular formula is C12H11N2O2S. The number of benzene rings is 1. The highest BCUT2D eigenvalue weighted by molar-refractivity contribution is 7.92. The average molecular weight is 247 g/mol. The van der Waals surface area contributed by atoms with Crippen LogP contribution in [0, 0.1) is 13.1 Å². The van der Waals surface area contributed by atoms with Crippen molar-refractivity contribution in [2.75, 3.05) is 4.72 Å². The second-order valence-corrected chi connectivity index (χ2v) is 5.18. The van der Waals surface area contributed by atoms with E-state index in [0.29, 0.717) is 11.3 Å². The molecule has 0 aliphatic carbocycles. The lowest BCUT2D eigenvalue weighted by Gasteiger charge is -2.09. The molecule has 87 valence electrons. The van der Waals surface area contributed by atoms with Crippen LogP contribution in [0.3, 0.4) is 0 Å². The van der Waals surface area contributed by atoms with Crippen molar-refractivity contribution in [2.24, 2.45) is 0 Å². The van der Waals surface area contributed by atoms with Crippen LogP contribution in [0.5, 0.6) is 0 Å². The van der Waals surface area contributed by atoms with Crippen LogP contribution in [0.4, 0.5) is 5.69 Å². The molecule has 1 radical (unpaired) electrons. The van der Waals surface area contributed by atoms with Gasteiger partial charge in [-0.05, 0) is 30.7 Å². The van der Waals surface area contributed by atoms with Gasteiger partial charge in [-0.1, -0.05) is 18.2 Å². The first-order valence-corrected chi connectivity index (χ1v) is 6.49. The maximum absolute atomic E-state index is 12.1. The zero-order chi connectivity index (χ0) is 12.3. The van der Waals surface area contributed by atoms with Gasteiger partial charge in [0, 0.05) is 6.20 Å². The molecule has 0 atom stereocenters. The van der Waals surface area contributed by atoms with Crippen LogP contribution in [-0.4, -0.2) is 13.4 Å². The largest absolute Gasteiger partial charge is 0.277 e. The zero-order valence-corrected chi connectivity index (χ0v) is 10.0. The molecule has 0 saturated heterocycles. The molecule has 1 N–H and O–H groups in total. The van der Waals surface area contributed by atoms with Crippen molar-refractivity contribution < 1.29 is 8.42 Å². The monoisotopic (exact) mass is 247 g/mol. The van der Waals surface area contributed by atoms with Gasteiger partial charge >= 0.3 is 0 Å². The molecule has 0 amide bonds.